The van der Waals surface area contributed by atoms with E-state index >= 15 is 0 Å². The highest BCUT2D eigenvalue weighted by atomic mass is 15.3. The van der Waals surface area contributed by atoms with Crippen LogP contribution in [0.4, 0.5) is 5.82 Å². The molecule has 3 rings (SSSR count). The average molecular weight is 204 g/mol. The fourth-order valence-electron chi connectivity index (χ4n) is 2.60. The Hall–Kier alpha value is -1.16. The largest absolute Gasteiger partial charge is 0.354 e. The first-order valence-corrected chi connectivity index (χ1v) is 5.59. The molecule has 15 heavy (non-hydrogen) atoms. The molecule has 1 N–H and O–H groups in total. The maximum atomic E-state index is 4.24. The molecule has 0 amide bonds. The van der Waals surface area contributed by atoms with E-state index in [1.54, 1.807) is 0 Å². The van der Waals surface area contributed by atoms with Crippen LogP contribution in [0.25, 0.3) is 0 Å². The van der Waals surface area contributed by atoms with Crippen LogP contribution in [0.5, 0.6) is 0 Å². The fourth-order valence-corrected chi connectivity index (χ4v) is 2.60. The molecule has 4 heteroatoms. The molecule has 2 fully saturated rings. The molecule has 1 aromatic heterocycles. The Kier molecular flexibility index (Phi) is 2.09. The smallest absolute Gasteiger partial charge is 0.151 e. The predicted molar refractivity (Wildman–Crippen MR) is 58.8 cm³/mol. The summed E-state index contributed by atoms with van der Waals surface area (Å²) in [7, 11) is 0. The number of aromatic nitrogens is 2. The molecule has 2 aliphatic rings. The van der Waals surface area contributed by atoms with Crippen LogP contribution in [0.3, 0.4) is 0 Å². The molecule has 0 bridgehead atoms. The van der Waals surface area contributed by atoms with Crippen molar-refractivity contribution in [3.8, 4) is 0 Å². The van der Waals surface area contributed by atoms with E-state index in [0.29, 0.717) is 0 Å². The Labute approximate surface area is 89.7 Å². The predicted octanol–water partition coefficient (Wildman–Crippen LogP) is 0.441. The molecule has 2 atom stereocenters. The van der Waals surface area contributed by atoms with Crippen LogP contribution in [0.1, 0.15) is 5.69 Å². The standard InChI is InChI=1S/C11H16N4/c1-8-2-3-11(14-13-8)15-6-9-4-12-5-10(9)7-15/h2-3,9-10,12H,4-7H2,1H3/t9-,10+. The third-order valence-electron chi connectivity index (χ3n) is 3.50. The summed E-state index contributed by atoms with van der Waals surface area (Å²) < 4.78 is 0. The van der Waals surface area contributed by atoms with E-state index in [9.17, 15) is 0 Å². The van der Waals surface area contributed by atoms with Crippen molar-refractivity contribution in [1.29, 1.82) is 0 Å². The Morgan fingerprint density at radius 3 is 2.53 bits per heavy atom. The van der Waals surface area contributed by atoms with Gasteiger partial charge in [-0.25, -0.2) is 0 Å². The van der Waals surface area contributed by atoms with Crippen molar-refractivity contribution in [3.05, 3.63) is 17.8 Å². The van der Waals surface area contributed by atoms with Crippen LogP contribution < -0.4 is 10.2 Å². The van der Waals surface area contributed by atoms with Crippen molar-refractivity contribution in [2.45, 2.75) is 6.92 Å². The number of rotatable bonds is 1. The van der Waals surface area contributed by atoms with Crippen molar-refractivity contribution < 1.29 is 0 Å². The molecule has 0 spiro atoms. The van der Waals surface area contributed by atoms with Crippen molar-refractivity contribution >= 4 is 5.82 Å². The van der Waals surface area contributed by atoms with Gasteiger partial charge in [-0.3, -0.25) is 0 Å². The van der Waals surface area contributed by atoms with E-state index in [1.807, 2.05) is 13.0 Å². The van der Waals surface area contributed by atoms with Gasteiger partial charge >= 0.3 is 0 Å². The highest BCUT2D eigenvalue weighted by Crippen LogP contribution is 2.28. The van der Waals surface area contributed by atoms with Crippen molar-refractivity contribution in [1.82, 2.24) is 15.5 Å². The van der Waals surface area contributed by atoms with Gasteiger partial charge in [0.15, 0.2) is 5.82 Å². The molecule has 2 saturated heterocycles. The van der Waals surface area contributed by atoms with Crippen LogP contribution in [-0.4, -0.2) is 36.4 Å². The molecule has 0 unspecified atom stereocenters. The number of hydrogen-bond acceptors (Lipinski definition) is 4. The highest BCUT2D eigenvalue weighted by Gasteiger charge is 2.36. The van der Waals surface area contributed by atoms with Gasteiger partial charge in [-0.2, -0.15) is 5.10 Å². The van der Waals surface area contributed by atoms with Gasteiger partial charge in [0.1, 0.15) is 0 Å². The molecule has 4 nitrogen and oxygen atoms in total. The number of fused-ring (bicyclic) bond motifs is 1. The summed E-state index contributed by atoms with van der Waals surface area (Å²) in [5, 5.41) is 11.8. The fraction of sp³-hybridized carbons (Fsp3) is 0.636. The van der Waals surface area contributed by atoms with Crippen molar-refractivity contribution in [2.24, 2.45) is 11.8 Å². The van der Waals surface area contributed by atoms with Gasteiger partial charge in [0, 0.05) is 26.2 Å². The number of nitrogens with zero attached hydrogens (tertiary/aromatic N) is 3. The first kappa shape index (κ1) is 9.09. The molecule has 1 aromatic rings. The number of hydrogen-bond donors (Lipinski definition) is 1. The first-order chi connectivity index (χ1) is 7.33. The average Bonchev–Trinajstić information content (AvgIpc) is 2.78. The minimum Gasteiger partial charge on any atom is -0.354 e. The zero-order chi connectivity index (χ0) is 10.3. The van der Waals surface area contributed by atoms with E-state index in [1.165, 1.54) is 13.1 Å². The first-order valence-electron chi connectivity index (χ1n) is 5.59. The zero-order valence-corrected chi connectivity index (χ0v) is 8.98. The second-order valence-corrected chi connectivity index (χ2v) is 4.62. The Bertz CT molecular complexity index is 336. The van der Waals surface area contributed by atoms with Crippen molar-refractivity contribution in [3.63, 3.8) is 0 Å². The van der Waals surface area contributed by atoms with Gasteiger partial charge in [0.25, 0.3) is 0 Å². The van der Waals surface area contributed by atoms with E-state index in [0.717, 1.165) is 36.4 Å². The minimum absolute atomic E-state index is 0.813. The summed E-state index contributed by atoms with van der Waals surface area (Å²) in [6, 6.07) is 4.12. The van der Waals surface area contributed by atoms with Gasteiger partial charge in [0.05, 0.1) is 5.69 Å². The van der Waals surface area contributed by atoms with E-state index in [-0.39, 0.29) is 0 Å². The number of anilines is 1. The molecule has 2 aliphatic heterocycles. The summed E-state index contributed by atoms with van der Waals surface area (Å²) in [4.78, 5) is 2.36. The zero-order valence-electron chi connectivity index (χ0n) is 8.98. The summed E-state index contributed by atoms with van der Waals surface area (Å²) in [6.45, 7) is 6.57. The van der Waals surface area contributed by atoms with Gasteiger partial charge in [-0.15, -0.1) is 5.10 Å². The van der Waals surface area contributed by atoms with Crippen LogP contribution in [-0.2, 0) is 0 Å². The summed E-state index contributed by atoms with van der Waals surface area (Å²) in [6.07, 6.45) is 0. The Morgan fingerprint density at radius 2 is 1.93 bits per heavy atom. The van der Waals surface area contributed by atoms with Crippen molar-refractivity contribution in [2.75, 3.05) is 31.1 Å². The topological polar surface area (TPSA) is 41.0 Å². The van der Waals surface area contributed by atoms with Gasteiger partial charge in [-0.05, 0) is 30.9 Å². The maximum absolute atomic E-state index is 4.24. The van der Waals surface area contributed by atoms with Gasteiger partial charge in [-0.1, -0.05) is 0 Å². The molecule has 0 saturated carbocycles. The summed E-state index contributed by atoms with van der Waals surface area (Å²) >= 11 is 0. The van der Waals surface area contributed by atoms with Crippen LogP contribution >= 0.6 is 0 Å². The quantitative estimate of drug-likeness (QED) is 0.720. The molecule has 3 heterocycles. The maximum Gasteiger partial charge on any atom is 0.151 e. The van der Waals surface area contributed by atoms with E-state index in [4.69, 9.17) is 0 Å². The SMILES string of the molecule is Cc1ccc(N2C[C@H]3CNC[C@H]3C2)nn1. The summed E-state index contributed by atoms with van der Waals surface area (Å²) in [5.74, 6) is 2.66. The lowest BCUT2D eigenvalue weighted by Crippen LogP contribution is -2.26. The molecule has 80 valence electrons. The second-order valence-electron chi connectivity index (χ2n) is 4.62. The third kappa shape index (κ3) is 1.59. The normalized spacial score (nSPS) is 29.5. The van der Waals surface area contributed by atoms with E-state index < -0.39 is 0 Å². The molecule has 0 aliphatic carbocycles. The molecular formula is C11H16N4. The number of nitrogens with one attached hydrogen (secondary N) is 1. The Morgan fingerprint density at radius 1 is 1.20 bits per heavy atom. The van der Waals surface area contributed by atoms with Crippen LogP contribution in [0.2, 0.25) is 0 Å². The molecule has 0 radical (unpaired) electrons. The Balaban J connectivity index is 1.76. The highest BCUT2D eigenvalue weighted by molar-refractivity contribution is 5.39. The minimum atomic E-state index is 0.813. The van der Waals surface area contributed by atoms with Crippen LogP contribution in [0, 0.1) is 18.8 Å². The third-order valence-corrected chi connectivity index (χ3v) is 3.50. The molecule has 0 aromatic carbocycles. The van der Waals surface area contributed by atoms with E-state index in [2.05, 4.69) is 26.5 Å². The lowest BCUT2D eigenvalue weighted by atomic mass is 10.0. The van der Waals surface area contributed by atoms with Gasteiger partial charge < -0.3 is 10.2 Å². The lowest BCUT2D eigenvalue weighted by molar-refractivity contribution is 0.533. The molecular weight excluding hydrogens is 188 g/mol. The monoisotopic (exact) mass is 204 g/mol. The van der Waals surface area contributed by atoms with Gasteiger partial charge in [0.2, 0.25) is 0 Å². The second kappa shape index (κ2) is 3.45. The lowest BCUT2D eigenvalue weighted by Gasteiger charge is -2.17. The van der Waals surface area contributed by atoms with Crippen LogP contribution in [0.15, 0.2) is 12.1 Å². The summed E-state index contributed by atoms with van der Waals surface area (Å²) in [5.41, 5.74) is 0.986. The number of aryl methyl sites for hydroxylation is 1.